The van der Waals surface area contributed by atoms with Crippen molar-refractivity contribution in [3.8, 4) is 5.75 Å². The number of hydrogen-bond acceptors (Lipinski definition) is 4. The Bertz CT molecular complexity index is 1110. The summed E-state index contributed by atoms with van der Waals surface area (Å²) in [5, 5.41) is 0. The minimum atomic E-state index is -0.284. The van der Waals surface area contributed by atoms with Crippen molar-refractivity contribution in [3.05, 3.63) is 29.8 Å². The van der Waals surface area contributed by atoms with Crippen LogP contribution in [0.3, 0.4) is 0 Å². The maximum atomic E-state index is 13.5. The topological polar surface area (TPSA) is 44.8 Å². The highest BCUT2D eigenvalue weighted by atomic mass is 16.7. The van der Waals surface area contributed by atoms with Gasteiger partial charge < -0.3 is 14.2 Å². The average molecular weight is 605 g/mol. The fourth-order valence-electron chi connectivity index (χ4n) is 12.0. The molecule has 1 aromatic carbocycles. The van der Waals surface area contributed by atoms with Gasteiger partial charge in [0.05, 0.1) is 12.0 Å². The second-order valence-corrected chi connectivity index (χ2v) is 19.2. The number of ether oxygens (including phenoxy) is 3. The molecule has 0 amide bonds. The van der Waals surface area contributed by atoms with Crippen LogP contribution >= 0.6 is 0 Å². The molecular weight excluding hydrogens is 544 g/mol. The summed E-state index contributed by atoms with van der Waals surface area (Å²) in [5.74, 6) is 6.14. The second-order valence-electron chi connectivity index (χ2n) is 19.2. The van der Waals surface area contributed by atoms with Gasteiger partial charge in [0.1, 0.15) is 12.4 Å². The quantitative estimate of drug-likeness (QED) is 0.151. The lowest BCUT2D eigenvalue weighted by Gasteiger charge is -2.58. The van der Waals surface area contributed by atoms with Crippen molar-refractivity contribution < 1.29 is 19.0 Å². The van der Waals surface area contributed by atoms with E-state index < -0.39 is 0 Å². The molecule has 8 bridgehead atoms. The lowest BCUT2D eigenvalue weighted by molar-refractivity contribution is -0.220. The van der Waals surface area contributed by atoms with Gasteiger partial charge in [0.2, 0.25) is 6.29 Å². The maximum Gasteiger partial charge on any atom is 0.312 e. The van der Waals surface area contributed by atoms with Gasteiger partial charge in [-0.25, -0.2) is 0 Å². The van der Waals surface area contributed by atoms with E-state index >= 15 is 0 Å². The molecule has 0 radical (unpaired) electrons. The minimum Gasteiger partial charge on any atom is -0.464 e. The third-order valence-electron chi connectivity index (χ3n) is 13.0. The van der Waals surface area contributed by atoms with E-state index in [1.165, 1.54) is 63.4 Å². The lowest BCUT2D eigenvalue weighted by Crippen LogP contribution is -2.54. The van der Waals surface area contributed by atoms with Gasteiger partial charge >= 0.3 is 5.97 Å². The van der Waals surface area contributed by atoms with E-state index in [9.17, 15) is 4.79 Å². The molecule has 244 valence electrons. The van der Waals surface area contributed by atoms with Crippen LogP contribution in [0.15, 0.2) is 24.3 Å². The summed E-state index contributed by atoms with van der Waals surface area (Å²) in [6.07, 6.45) is 15.9. The predicted molar refractivity (Wildman–Crippen MR) is 175 cm³/mol. The van der Waals surface area contributed by atoms with Gasteiger partial charge in [-0.2, -0.15) is 0 Å². The van der Waals surface area contributed by atoms with E-state index in [4.69, 9.17) is 14.2 Å². The van der Waals surface area contributed by atoms with Crippen LogP contribution in [0.1, 0.15) is 136 Å². The zero-order valence-corrected chi connectivity index (χ0v) is 28.7. The SMILES string of the molecule is CC(C)(C)CC(c1ccc(OC(OCCOC(=O)C23CC4CC(CC(C4)C2)C3)C23CC4CC(CC(C4)C2)C3)cc1)C(C)(C)C. The van der Waals surface area contributed by atoms with Gasteiger partial charge in [0, 0.05) is 5.41 Å². The molecule has 8 aliphatic carbocycles. The molecule has 44 heavy (non-hydrogen) atoms. The van der Waals surface area contributed by atoms with Gasteiger partial charge in [-0.15, -0.1) is 0 Å². The summed E-state index contributed by atoms with van der Waals surface area (Å²) in [4.78, 5) is 13.5. The predicted octanol–water partition coefficient (Wildman–Crippen LogP) is 9.95. The number of benzene rings is 1. The van der Waals surface area contributed by atoms with Crippen molar-refractivity contribution in [3.63, 3.8) is 0 Å². The smallest absolute Gasteiger partial charge is 0.312 e. The highest BCUT2D eigenvalue weighted by Gasteiger charge is 2.57. The maximum absolute atomic E-state index is 13.5. The second kappa shape index (κ2) is 11.3. The molecule has 0 saturated heterocycles. The summed E-state index contributed by atoms with van der Waals surface area (Å²) >= 11 is 0. The van der Waals surface area contributed by atoms with E-state index in [0.717, 1.165) is 66.9 Å². The van der Waals surface area contributed by atoms with Crippen LogP contribution in [0.2, 0.25) is 0 Å². The van der Waals surface area contributed by atoms with Crippen LogP contribution < -0.4 is 4.74 Å². The zero-order chi connectivity index (χ0) is 30.9. The molecule has 0 spiro atoms. The Morgan fingerprint density at radius 3 is 1.66 bits per heavy atom. The first-order chi connectivity index (χ1) is 20.8. The van der Waals surface area contributed by atoms with Crippen molar-refractivity contribution in [2.75, 3.05) is 13.2 Å². The Labute approximate surface area is 267 Å². The molecule has 4 nitrogen and oxygen atoms in total. The van der Waals surface area contributed by atoms with Crippen molar-refractivity contribution in [2.24, 2.45) is 57.2 Å². The van der Waals surface area contributed by atoms with E-state index in [0.29, 0.717) is 19.1 Å². The summed E-state index contributed by atoms with van der Waals surface area (Å²) in [6.45, 7) is 14.9. The normalized spacial score (nSPS) is 38.5. The van der Waals surface area contributed by atoms with Crippen molar-refractivity contribution in [1.82, 2.24) is 0 Å². The van der Waals surface area contributed by atoms with E-state index in [1.807, 2.05) is 0 Å². The minimum absolute atomic E-state index is 0.0618. The average Bonchev–Trinajstić information content (AvgIpc) is 2.91. The molecule has 1 aromatic rings. The standard InChI is InChI=1S/C40H60O4/c1-37(2,3)25-34(38(4,5)6)32-7-9-33(10-8-32)44-36(40-22-29-16-30(23-40)18-31(17-29)24-40)43-12-11-42-35(41)39-19-26-13-27(20-39)15-28(14-26)21-39/h7-10,26-31,34,36H,11-25H2,1-6H3. The van der Waals surface area contributed by atoms with Gasteiger partial charge in [-0.05, 0) is 153 Å². The van der Waals surface area contributed by atoms with Crippen LogP contribution in [0.4, 0.5) is 0 Å². The highest BCUT2D eigenvalue weighted by Crippen LogP contribution is 2.62. The van der Waals surface area contributed by atoms with Crippen LogP contribution in [0.25, 0.3) is 0 Å². The largest absolute Gasteiger partial charge is 0.464 e. The van der Waals surface area contributed by atoms with Gasteiger partial charge in [0.15, 0.2) is 0 Å². The zero-order valence-electron chi connectivity index (χ0n) is 28.7. The first-order valence-corrected chi connectivity index (χ1v) is 18.3. The summed E-state index contributed by atoms with van der Waals surface area (Å²) in [7, 11) is 0. The summed E-state index contributed by atoms with van der Waals surface area (Å²) in [5.41, 5.74) is 1.73. The molecule has 0 aliphatic heterocycles. The lowest BCUT2D eigenvalue weighted by atomic mass is 9.49. The third-order valence-corrected chi connectivity index (χ3v) is 13.0. The van der Waals surface area contributed by atoms with Gasteiger partial charge in [-0.1, -0.05) is 53.7 Å². The summed E-state index contributed by atoms with van der Waals surface area (Å²) < 4.78 is 19.6. The number of carbonyl (C=O) groups excluding carboxylic acids is 1. The molecule has 9 rings (SSSR count). The molecular formula is C40H60O4. The first kappa shape index (κ1) is 31.1. The van der Waals surface area contributed by atoms with Crippen LogP contribution in [0, 0.1) is 57.2 Å². The van der Waals surface area contributed by atoms with Crippen molar-refractivity contribution in [1.29, 1.82) is 0 Å². The molecule has 8 aliphatic rings. The number of esters is 1. The molecule has 8 saturated carbocycles. The Kier molecular flexibility index (Phi) is 7.98. The Hall–Kier alpha value is -1.55. The fraction of sp³-hybridized carbons (Fsp3) is 0.825. The van der Waals surface area contributed by atoms with E-state index in [-0.39, 0.29) is 33.9 Å². The fourth-order valence-corrected chi connectivity index (χ4v) is 12.0. The third kappa shape index (κ3) is 6.24. The van der Waals surface area contributed by atoms with Gasteiger partial charge in [-0.3, -0.25) is 4.79 Å². The Morgan fingerprint density at radius 1 is 0.727 bits per heavy atom. The molecule has 2 unspecified atom stereocenters. The van der Waals surface area contributed by atoms with E-state index in [2.05, 4.69) is 65.8 Å². The van der Waals surface area contributed by atoms with Crippen LogP contribution in [0.5, 0.6) is 5.75 Å². The van der Waals surface area contributed by atoms with Crippen LogP contribution in [-0.4, -0.2) is 25.5 Å². The molecule has 4 heteroatoms. The number of hydrogen-bond donors (Lipinski definition) is 0. The molecule has 2 atom stereocenters. The van der Waals surface area contributed by atoms with E-state index in [1.54, 1.807) is 0 Å². The summed E-state index contributed by atoms with van der Waals surface area (Å²) in [6, 6.07) is 8.95. The monoisotopic (exact) mass is 604 g/mol. The Morgan fingerprint density at radius 2 is 1.20 bits per heavy atom. The highest BCUT2D eigenvalue weighted by molar-refractivity contribution is 5.77. The number of rotatable bonds is 10. The molecule has 0 aromatic heterocycles. The van der Waals surface area contributed by atoms with Crippen LogP contribution in [-0.2, 0) is 14.3 Å². The molecule has 0 N–H and O–H groups in total. The molecule has 0 heterocycles. The Balaban J connectivity index is 1.03. The van der Waals surface area contributed by atoms with Crippen molar-refractivity contribution >= 4 is 5.97 Å². The number of carbonyl (C=O) groups is 1. The molecule has 8 fully saturated rings. The van der Waals surface area contributed by atoms with Crippen molar-refractivity contribution in [2.45, 2.75) is 137 Å². The van der Waals surface area contributed by atoms with Gasteiger partial charge in [0.25, 0.3) is 0 Å². The first-order valence-electron chi connectivity index (χ1n) is 18.3.